The monoisotopic (exact) mass is 474 g/mol. The minimum Gasteiger partial charge on any atom is -0.329 e. The molecule has 0 unspecified atom stereocenters. The molecule has 0 aliphatic carbocycles. The Bertz CT molecular complexity index is 1290. The van der Waals surface area contributed by atoms with Gasteiger partial charge in [-0.25, -0.2) is 8.78 Å². The van der Waals surface area contributed by atoms with Gasteiger partial charge in [0, 0.05) is 17.2 Å². The zero-order valence-corrected chi connectivity index (χ0v) is 16.0. The van der Waals surface area contributed by atoms with Crippen LogP contribution in [-0.4, -0.2) is 19.9 Å². The summed E-state index contributed by atoms with van der Waals surface area (Å²) in [4.78, 5) is 3.25. The number of hydrogen-bond donors (Lipinski definition) is 0. The van der Waals surface area contributed by atoms with Crippen LogP contribution in [0.2, 0.25) is 0 Å². The Kier molecular flexibility index (Phi) is 5.42. The largest absolute Gasteiger partial charge is 0.471 e. The van der Waals surface area contributed by atoms with Crippen molar-refractivity contribution >= 4 is 0 Å². The Morgan fingerprint density at radius 2 is 1.55 bits per heavy atom. The van der Waals surface area contributed by atoms with Gasteiger partial charge in [0.1, 0.15) is 11.6 Å². The third kappa shape index (κ3) is 4.71. The van der Waals surface area contributed by atoms with Gasteiger partial charge in [0.25, 0.3) is 0 Å². The minimum atomic E-state index is -4.81. The van der Waals surface area contributed by atoms with Gasteiger partial charge in [-0.1, -0.05) is 29.4 Å². The molecule has 0 aliphatic heterocycles. The number of halogens is 8. The topological polar surface area (TPSA) is 56.7 Å². The van der Waals surface area contributed by atoms with Crippen molar-refractivity contribution in [2.75, 3.05) is 0 Å². The van der Waals surface area contributed by atoms with Gasteiger partial charge in [0.2, 0.25) is 5.82 Å². The van der Waals surface area contributed by atoms with Crippen molar-refractivity contribution in [2.45, 2.75) is 18.9 Å². The van der Waals surface area contributed by atoms with Gasteiger partial charge in [-0.3, -0.25) is 4.68 Å². The Balaban J connectivity index is 1.66. The Labute approximate surface area is 179 Å². The number of aromatic nitrogens is 4. The molecule has 2 aromatic heterocycles. The van der Waals surface area contributed by atoms with Gasteiger partial charge < -0.3 is 4.52 Å². The summed E-state index contributed by atoms with van der Waals surface area (Å²) in [6.07, 6.45) is -9.62. The van der Waals surface area contributed by atoms with E-state index in [9.17, 15) is 35.1 Å². The fraction of sp³-hybridized carbons (Fsp3) is 0.150. The smallest absolute Gasteiger partial charge is 0.329 e. The van der Waals surface area contributed by atoms with Gasteiger partial charge in [-0.15, -0.1) is 0 Å². The summed E-state index contributed by atoms with van der Waals surface area (Å²) in [6.45, 7) is -0.247. The quantitative estimate of drug-likeness (QED) is 0.343. The molecule has 0 spiro atoms. The van der Waals surface area contributed by atoms with Crippen LogP contribution in [-0.2, 0) is 18.9 Å². The van der Waals surface area contributed by atoms with E-state index in [2.05, 4.69) is 19.8 Å². The van der Waals surface area contributed by atoms with Crippen molar-refractivity contribution in [3.05, 3.63) is 77.3 Å². The van der Waals surface area contributed by atoms with Crippen molar-refractivity contribution in [1.29, 1.82) is 0 Å². The second kappa shape index (κ2) is 7.98. The number of nitrogens with zero attached hydrogens (tertiary/aromatic N) is 4. The maximum Gasteiger partial charge on any atom is 0.471 e. The molecule has 0 aliphatic rings. The fourth-order valence-electron chi connectivity index (χ4n) is 2.98. The van der Waals surface area contributed by atoms with E-state index in [-0.39, 0.29) is 29.2 Å². The lowest BCUT2D eigenvalue weighted by molar-refractivity contribution is -0.159. The molecule has 2 heterocycles. The van der Waals surface area contributed by atoms with E-state index >= 15 is 0 Å². The second-order valence-corrected chi connectivity index (χ2v) is 6.81. The molecule has 2 aromatic carbocycles. The third-order valence-electron chi connectivity index (χ3n) is 4.49. The van der Waals surface area contributed by atoms with E-state index in [4.69, 9.17) is 0 Å². The van der Waals surface area contributed by atoms with Crippen molar-refractivity contribution in [2.24, 2.45) is 0 Å². The normalized spacial score (nSPS) is 12.4. The lowest BCUT2D eigenvalue weighted by Crippen LogP contribution is -2.09. The van der Waals surface area contributed by atoms with Gasteiger partial charge in [-0.2, -0.15) is 36.4 Å². The number of hydrogen-bond acceptors (Lipinski definition) is 4. The van der Waals surface area contributed by atoms with Crippen molar-refractivity contribution < 1.29 is 39.6 Å². The van der Waals surface area contributed by atoms with Gasteiger partial charge in [0.15, 0.2) is 5.69 Å². The summed E-state index contributed by atoms with van der Waals surface area (Å²) in [5.41, 5.74) is -1.25. The SMILES string of the molecule is Fc1ccc(-c2cc(C(F)(F)F)nn2Cc2ccc(-c3noc(C(F)(F)F)n3)cc2)c(F)c1. The highest BCUT2D eigenvalue weighted by Gasteiger charge is 2.38. The highest BCUT2D eigenvalue weighted by molar-refractivity contribution is 5.61. The van der Waals surface area contributed by atoms with E-state index in [1.165, 1.54) is 24.3 Å². The van der Waals surface area contributed by atoms with E-state index in [1.54, 1.807) is 0 Å². The van der Waals surface area contributed by atoms with Crippen LogP contribution in [0.4, 0.5) is 35.1 Å². The summed E-state index contributed by atoms with van der Waals surface area (Å²) in [6, 6.07) is 8.56. The minimum absolute atomic E-state index is 0.166. The third-order valence-corrected chi connectivity index (χ3v) is 4.49. The van der Waals surface area contributed by atoms with Crippen LogP contribution in [0.15, 0.2) is 53.1 Å². The molecule has 0 atom stereocenters. The fourth-order valence-corrected chi connectivity index (χ4v) is 2.98. The number of alkyl halides is 6. The molecule has 0 radical (unpaired) electrons. The predicted molar refractivity (Wildman–Crippen MR) is 96.4 cm³/mol. The molecular weight excluding hydrogens is 464 g/mol. The maximum absolute atomic E-state index is 14.2. The molecule has 0 N–H and O–H groups in total. The second-order valence-electron chi connectivity index (χ2n) is 6.81. The van der Waals surface area contributed by atoms with Crippen LogP contribution < -0.4 is 0 Å². The molecule has 0 saturated heterocycles. The van der Waals surface area contributed by atoms with E-state index in [1.807, 2.05) is 0 Å². The van der Waals surface area contributed by atoms with E-state index in [0.29, 0.717) is 17.7 Å². The molecule has 172 valence electrons. The summed E-state index contributed by atoms with van der Waals surface area (Å²) < 4.78 is 110. The van der Waals surface area contributed by atoms with Crippen LogP contribution in [0, 0.1) is 11.6 Å². The standard InChI is InChI=1S/C20H10F8N4O/c21-12-5-6-13(14(22)7-12)15-8-16(19(23,24)25)30-32(15)9-10-1-3-11(4-2-10)17-29-18(33-31-17)20(26,27)28/h1-8H,9H2. The van der Waals surface area contributed by atoms with Gasteiger partial charge in [0.05, 0.1) is 12.2 Å². The summed E-state index contributed by atoms with van der Waals surface area (Å²) in [5, 5.41) is 6.74. The highest BCUT2D eigenvalue weighted by Crippen LogP contribution is 2.33. The summed E-state index contributed by atoms with van der Waals surface area (Å²) >= 11 is 0. The summed E-state index contributed by atoms with van der Waals surface area (Å²) in [5.74, 6) is -3.83. The zero-order chi connectivity index (χ0) is 24.0. The van der Waals surface area contributed by atoms with Crippen LogP contribution in [0.1, 0.15) is 17.1 Å². The molecule has 33 heavy (non-hydrogen) atoms. The van der Waals surface area contributed by atoms with Crippen LogP contribution >= 0.6 is 0 Å². The average Bonchev–Trinajstić information content (AvgIpc) is 3.36. The molecule has 0 saturated carbocycles. The first-order chi connectivity index (χ1) is 15.4. The molecule has 4 aromatic rings. The molecule has 5 nitrogen and oxygen atoms in total. The molecule has 4 rings (SSSR count). The lowest BCUT2D eigenvalue weighted by Gasteiger charge is -2.09. The summed E-state index contributed by atoms with van der Waals surface area (Å²) in [7, 11) is 0. The van der Waals surface area contributed by atoms with Crippen LogP contribution in [0.5, 0.6) is 0 Å². The molecule has 0 bridgehead atoms. The first kappa shape index (κ1) is 22.4. The Hall–Kier alpha value is -3.77. The first-order valence-corrected chi connectivity index (χ1v) is 9.02. The number of rotatable bonds is 4. The van der Waals surface area contributed by atoms with Crippen LogP contribution in [0.25, 0.3) is 22.6 Å². The maximum atomic E-state index is 14.2. The highest BCUT2D eigenvalue weighted by atomic mass is 19.4. The first-order valence-electron chi connectivity index (χ1n) is 9.02. The van der Waals surface area contributed by atoms with Crippen molar-refractivity contribution in [1.82, 2.24) is 19.9 Å². The Morgan fingerprint density at radius 3 is 2.12 bits per heavy atom. The van der Waals surface area contributed by atoms with Gasteiger partial charge in [-0.05, 0) is 23.8 Å². The predicted octanol–water partition coefficient (Wildman–Crippen LogP) is 5.96. The van der Waals surface area contributed by atoms with E-state index < -0.39 is 35.6 Å². The Morgan fingerprint density at radius 1 is 0.848 bits per heavy atom. The lowest BCUT2D eigenvalue weighted by atomic mass is 10.1. The van der Waals surface area contributed by atoms with E-state index in [0.717, 1.165) is 16.8 Å². The molecular formula is C20H10F8N4O. The molecule has 13 heteroatoms. The van der Waals surface area contributed by atoms with Crippen molar-refractivity contribution in [3.8, 4) is 22.6 Å². The zero-order valence-electron chi connectivity index (χ0n) is 16.0. The molecule has 0 fully saturated rings. The van der Waals surface area contributed by atoms with Crippen molar-refractivity contribution in [3.63, 3.8) is 0 Å². The average molecular weight is 474 g/mol. The number of benzene rings is 2. The van der Waals surface area contributed by atoms with Gasteiger partial charge >= 0.3 is 18.2 Å². The van der Waals surface area contributed by atoms with Crippen LogP contribution in [0.3, 0.4) is 0 Å². The molecule has 0 amide bonds.